The minimum Gasteiger partial charge on any atom is -0.355 e. The van der Waals surface area contributed by atoms with Gasteiger partial charge in [-0.1, -0.05) is 18.2 Å². The maximum absolute atomic E-state index is 12.2. The molecule has 118 valence electrons. The van der Waals surface area contributed by atoms with Gasteiger partial charge in [0.25, 0.3) is 5.91 Å². The number of para-hydroxylation sites is 1. The van der Waals surface area contributed by atoms with Crippen molar-refractivity contribution in [3.63, 3.8) is 0 Å². The van der Waals surface area contributed by atoms with Crippen LogP contribution in [-0.2, 0) is 11.2 Å². The van der Waals surface area contributed by atoms with Gasteiger partial charge in [0.2, 0.25) is 5.91 Å². The summed E-state index contributed by atoms with van der Waals surface area (Å²) in [5.74, 6) is 0.237. The van der Waals surface area contributed by atoms with Gasteiger partial charge in [0.1, 0.15) is 0 Å². The van der Waals surface area contributed by atoms with E-state index in [1.807, 2.05) is 35.2 Å². The number of rotatable bonds is 4. The molecule has 1 aliphatic heterocycles. The first-order chi connectivity index (χ1) is 11.2. The summed E-state index contributed by atoms with van der Waals surface area (Å²) in [4.78, 5) is 30.1. The highest BCUT2D eigenvalue weighted by Gasteiger charge is 2.30. The number of pyridine rings is 1. The number of amides is 2. The molecule has 23 heavy (non-hydrogen) atoms. The second-order valence-electron chi connectivity index (χ2n) is 5.73. The van der Waals surface area contributed by atoms with Crippen LogP contribution in [0.1, 0.15) is 22.5 Å². The van der Waals surface area contributed by atoms with Crippen molar-refractivity contribution in [1.82, 2.24) is 10.3 Å². The van der Waals surface area contributed by atoms with Crippen LogP contribution >= 0.6 is 0 Å². The lowest BCUT2D eigenvalue weighted by Crippen LogP contribution is -2.24. The standard InChI is InChI=1S/C18H19N3O2/c1-19-18(23)14-7-8-20-15(11-14)9-13-10-17(22)21(12-13)16-5-3-2-4-6-16/h2-8,11,13H,9-10,12H2,1H3,(H,19,23)/t13-/m1/s1. The summed E-state index contributed by atoms with van der Waals surface area (Å²) in [6.07, 6.45) is 2.85. The van der Waals surface area contributed by atoms with Gasteiger partial charge in [-0.25, -0.2) is 0 Å². The summed E-state index contributed by atoms with van der Waals surface area (Å²) in [5, 5.41) is 2.61. The molecule has 0 spiro atoms. The van der Waals surface area contributed by atoms with E-state index in [0.29, 0.717) is 24.9 Å². The third-order valence-electron chi connectivity index (χ3n) is 4.08. The third-order valence-corrected chi connectivity index (χ3v) is 4.08. The van der Waals surface area contributed by atoms with Crippen molar-refractivity contribution in [2.75, 3.05) is 18.5 Å². The van der Waals surface area contributed by atoms with Gasteiger partial charge >= 0.3 is 0 Å². The quantitative estimate of drug-likeness (QED) is 0.940. The molecule has 3 rings (SSSR count). The number of anilines is 1. The fourth-order valence-corrected chi connectivity index (χ4v) is 2.95. The number of carbonyl (C=O) groups excluding carboxylic acids is 2. The molecular formula is C18H19N3O2. The number of nitrogens with one attached hydrogen (secondary N) is 1. The van der Waals surface area contributed by atoms with Crippen LogP contribution in [0.2, 0.25) is 0 Å². The fourth-order valence-electron chi connectivity index (χ4n) is 2.95. The summed E-state index contributed by atoms with van der Waals surface area (Å²) in [5.41, 5.74) is 2.38. The van der Waals surface area contributed by atoms with Gasteiger partial charge in [0.05, 0.1) is 0 Å². The molecule has 1 saturated heterocycles. The molecule has 2 amide bonds. The first-order valence-electron chi connectivity index (χ1n) is 7.70. The fraction of sp³-hybridized carbons (Fsp3) is 0.278. The second-order valence-corrected chi connectivity index (χ2v) is 5.73. The van der Waals surface area contributed by atoms with Gasteiger partial charge in [-0.05, 0) is 36.6 Å². The normalized spacial score (nSPS) is 17.3. The minimum atomic E-state index is -0.123. The van der Waals surface area contributed by atoms with Crippen molar-refractivity contribution < 1.29 is 9.59 Å². The van der Waals surface area contributed by atoms with Gasteiger partial charge in [0, 0.05) is 43.2 Å². The highest BCUT2D eigenvalue weighted by Crippen LogP contribution is 2.26. The van der Waals surface area contributed by atoms with E-state index >= 15 is 0 Å². The Labute approximate surface area is 135 Å². The molecule has 5 nitrogen and oxygen atoms in total. The van der Waals surface area contributed by atoms with Crippen LogP contribution in [0.25, 0.3) is 0 Å². The van der Waals surface area contributed by atoms with Gasteiger partial charge in [-0.15, -0.1) is 0 Å². The Balaban J connectivity index is 1.70. The summed E-state index contributed by atoms with van der Waals surface area (Å²) < 4.78 is 0. The smallest absolute Gasteiger partial charge is 0.251 e. The zero-order valence-electron chi connectivity index (χ0n) is 13.0. The van der Waals surface area contributed by atoms with Crippen LogP contribution in [0.5, 0.6) is 0 Å². The van der Waals surface area contributed by atoms with E-state index in [1.54, 1.807) is 25.4 Å². The van der Waals surface area contributed by atoms with E-state index in [0.717, 1.165) is 11.4 Å². The molecule has 2 heterocycles. The molecule has 2 aromatic rings. The highest BCUT2D eigenvalue weighted by molar-refractivity contribution is 5.96. The van der Waals surface area contributed by atoms with Gasteiger partial charge in [-0.2, -0.15) is 0 Å². The molecule has 0 radical (unpaired) electrons. The molecule has 0 aliphatic carbocycles. The van der Waals surface area contributed by atoms with Crippen LogP contribution in [0, 0.1) is 5.92 Å². The molecule has 5 heteroatoms. The lowest BCUT2D eigenvalue weighted by molar-refractivity contribution is -0.117. The summed E-state index contributed by atoms with van der Waals surface area (Å²) in [7, 11) is 1.61. The summed E-state index contributed by atoms with van der Waals surface area (Å²) >= 11 is 0. The van der Waals surface area contributed by atoms with Crippen molar-refractivity contribution in [3.8, 4) is 0 Å². The predicted octanol–water partition coefficient (Wildman–Crippen LogP) is 2.04. The Bertz CT molecular complexity index is 715. The zero-order valence-corrected chi connectivity index (χ0v) is 13.0. The molecule has 0 saturated carbocycles. The number of benzene rings is 1. The van der Waals surface area contributed by atoms with E-state index in [4.69, 9.17) is 0 Å². The Morgan fingerprint density at radius 3 is 2.83 bits per heavy atom. The van der Waals surface area contributed by atoms with E-state index in [1.165, 1.54) is 0 Å². The Morgan fingerprint density at radius 1 is 1.30 bits per heavy atom. The van der Waals surface area contributed by atoms with Gasteiger partial charge in [0.15, 0.2) is 0 Å². The molecule has 0 unspecified atom stereocenters. The maximum Gasteiger partial charge on any atom is 0.251 e. The van der Waals surface area contributed by atoms with Crippen LogP contribution < -0.4 is 10.2 Å². The summed E-state index contributed by atoms with van der Waals surface area (Å²) in [6, 6.07) is 13.2. The topological polar surface area (TPSA) is 62.3 Å². The zero-order chi connectivity index (χ0) is 16.2. The van der Waals surface area contributed by atoms with Crippen molar-refractivity contribution in [2.24, 2.45) is 5.92 Å². The monoisotopic (exact) mass is 309 g/mol. The molecule has 1 atom stereocenters. The molecule has 1 aromatic heterocycles. The van der Waals surface area contributed by atoms with E-state index in [9.17, 15) is 9.59 Å². The van der Waals surface area contributed by atoms with Crippen molar-refractivity contribution in [3.05, 3.63) is 59.9 Å². The number of hydrogen-bond donors (Lipinski definition) is 1. The number of aromatic nitrogens is 1. The van der Waals surface area contributed by atoms with E-state index in [-0.39, 0.29) is 17.7 Å². The largest absolute Gasteiger partial charge is 0.355 e. The van der Waals surface area contributed by atoms with Gasteiger partial charge in [-0.3, -0.25) is 14.6 Å². The average Bonchev–Trinajstić information content (AvgIpc) is 2.95. The first kappa shape index (κ1) is 15.2. The minimum absolute atomic E-state index is 0.123. The lowest BCUT2D eigenvalue weighted by Gasteiger charge is -2.16. The molecular weight excluding hydrogens is 290 g/mol. The molecule has 1 fully saturated rings. The predicted molar refractivity (Wildman–Crippen MR) is 88.2 cm³/mol. The Morgan fingerprint density at radius 2 is 2.09 bits per heavy atom. The summed E-state index contributed by atoms with van der Waals surface area (Å²) in [6.45, 7) is 0.689. The van der Waals surface area contributed by atoms with E-state index in [2.05, 4.69) is 10.3 Å². The third kappa shape index (κ3) is 3.39. The lowest BCUT2D eigenvalue weighted by atomic mass is 10.0. The second kappa shape index (κ2) is 6.60. The number of hydrogen-bond acceptors (Lipinski definition) is 3. The Hall–Kier alpha value is -2.69. The highest BCUT2D eigenvalue weighted by atomic mass is 16.2. The molecule has 1 aliphatic rings. The van der Waals surface area contributed by atoms with Crippen LogP contribution in [0.15, 0.2) is 48.7 Å². The Kier molecular flexibility index (Phi) is 4.37. The van der Waals surface area contributed by atoms with Crippen molar-refractivity contribution in [1.29, 1.82) is 0 Å². The first-order valence-corrected chi connectivity index (χ1v) is 7.70. The molecule has 0 bridgehead atoms. The average molecular weight is 309 g/mol. The van der Waals surface area contributed by atoms with Crippen LogP contribution in [0.3, 0.4) is 0 Å². The maximum atomic E-state index is 12.2. The number of carbonyl (C=O) groups is 2. The van der Waals surface area contributed by atoms with Crippen molar-refractivity contribution >= 4 is 17.5 Å². The molecule has 1 aromatic carbocycles. The van der Waals surface area contributed by atoms with E-state index < -0.39 is 0 Å². The number of nitrogens with zero attached hydrogens (tertiary/aromatic N) is 2. The van der Waals surface area contributed by atoms with Crippen molar-refractivity contribution in [2.45, 2.75) is 12.8 Å². The van der Waals surface area contributed by atoms with Gasteiger partial charge < -0.3 is 10.2 Å². The SMILES string of the molecule is CNC(=O)c1ccnc(C[C@@H]2CC(=O)N(c3ccccc3)C2)c1. The van der Waals surface area contributed by atoms with Crippen LogP contribution in [0.4, 0.5) is 5.69 Å². The molecule has 1 N–H and O–H groups in total. The van der Waals surface area contributed by atoms with Crippen LogP contribution in [-0.4, -0.2) is 30.4 Å².